The monoisotopic (exact) mass is 813 g/mol. The molecule has 0 aliphatic carbocycles. The quantitative estimate of drug-likeness (QED) is 0.150. The minimum Gasteiger partial charge on any atom is -0.247 e. The molecule has 0 saturated carbocycles. The molecular formula is C61H39N3. The molecule has 12 aromatic rings. The third-order valence-corrected chi connectivity index (χ3v) is 12.5. The molecule has 3 heteroatoms. The van der Waals surface area contributed by atoms with Crippen molar-refractivity contribution in [3.63, 3.8) is 0 Å². The zero-order valence-electron chi connectivity index (χ0n) is 34.9. The van der Waals surface area contributed by atoms with Crippen LogP contribution in [0.4, 0.5) is 0 Å². The zero-order chi connectivity index (χ0) is 42.4. The van der Waals surface area contributed by atoms with Crippen molar-refractivity contribution in [2.75, 3.05) is 0 Å². The van der Waals surface area contributed by atoms with Gasteiger partial charge in [-0.25, -0.2) is 15.0 Å². The summed E-state index contributed by atoms with van der Waals surface area (Å²) in [5.74, 6) is 0.701. The summed E-state index contributed by atoms with van der Waals surface area (Å²) in [5.41, 5.74) is 14.9. The highest BCUT2D eigenvalue weighted by Crippen LogP contribution is 2.42. The molecule has 12 rings (SSSR count). The summed E-state index contributed by atoms with van der Waals surface area (Å²) in [6.07, 6.45) is 0. The fourth-order valence-corrected chi connectivity index (χ4v) is 9.23. The lowest BCUT2D eigenvalue weighted by Gasteiger charge is -2.16. The van der Waals surface area contributed by atoms with Gasteiger partial charge in [-0.1, -0.05) is 206 Å². The van der Waals surface area contributed by atoms with Gasteiger partial charge in [0, 0.05) is 38.4 Å². The van der Waals surface area contributed by atoms with Gasteiger partial charge in [-0.15, -0.1) is 0 Å². The highest BCUT2D eigenvalue weighted by Gasteiger charge is 2.18. The third-order valence-electron chi connectivity index (χ3n) is 12.5. The van der Waals surface area contributed by atoms with Crippen molar-refractivity contribution in [2.24, 2.45) is 0 Å². The summed E-state index contributed by atoms with van der Waals surface area (Å²) in [5, 5.41) is 8.41. The second kappa shape index (κ2) is 15.7. The number of hydrogen-bond acceptors (Lipinski definition) is 3. The van der Waals surface area contributed by atoms with Gasteiger partial charge in [0.05, 0.1) is 22.6 Å². The van der Waals surface area contributed by atoms with E-state index in [2.05, 4.69) is 212 Å². The van der Waals surface area contributed by atoms with E-state index < -0.39 is 0 Å². The SMILES string of the molecule is c1ccc(-c2cccc(-c3cc(-c4ccc(-c5ccc(-c6cc7c(-c8ccc9ccccc9c8)nc8ccccc8c7c7ccccc67)cc5)cc4)nc(-c4ccccc4)n3)c2)cc1. The second-order valence-corrected chi connectivity index (χ2v) is 16.4. The van der Waals surface area contributed by atoms with Gasteiger partial charge in [0.25, 0.3) is 0 Å². The minimum absolute atomic E-state index is 0.701. The molecule has 64 heavy (non-hydrogen) atoms. The normalized spacial score (nSPS) is 11.4. The molecule has 0 radical (unpaired) electrons. The molecule has 0 unspecified atom stereocenters. The molecule has 2 aromatic heterocycles. The van der Waals surface area contributed by atoms with Gasteiger partial charge in [-0.05, 0) is 85.3 Å². The van der Waals surface area contributed by atoms with E-state index in [1.165, 1.54) is 38.1 Å². The van der Waals surface area contributed by atoms with Crippen molar-refractivity contribution >= 4 is 43.2 Å². The molecule has 0 bridgehead atoms. The minimum atomic E-state index is 0.701. The third kappa shape index (κ3) is 6.77. The van der Waals surface area contributed by atoms with Crippen LogP contribution in [0.15, 0.2) is 237 Å². The number of rotatable bonds is 7. The van der Waals surface area contributed by atoms with E-state index in [1.54, 1.807) is 0 Å². The molecule has 0 N–H and O–H groups in total. The summed E-state index contributed by atoms with van der Waals surface area (Å²) < 4.78 is 0. The Labute approximate surface area is 371 Å². The van der Waals surface area contributed by atoms with Gasteiger partial charge < -0.3 is 0 Å². The van der Waals surface area contributed by atoms with E-state index in [9.17, 15) is 0 Å². The van der Waals surface area contributed by atoms with Gasteiger partial charge in [-0.3, -0.25) is 0 Å². The van der Waals surface area contributed by atoms with E-state index in [1.807, 2.05) is 24.3 Å². The van der Waals surface area contributed by atoms with Crippen LogP contribution < -0.4 is 0 Å². The number of pyridine rings is 1. The Morgan fingerprint density at radius 3 is 1.53 bits per heavy atom. The maximum atomic E-state index is 5.35. The predicted octanol–water partition coefficient (Wildman–Crippen LogP) is 16.2. The zero-order valence-corrected chi connectivity index (χ0v) is 34.9. The van der Waals surface area contributed by atoms with Gasteiger partial charge in [0.1, 0.15) is 0 Å². The number of para-hydroxylation sites is 1. The van der Waals surface area contributed by atoms with Crippen molar-refractivity contribution in [3.8, 4) is 78.5 Å². The molecule has 0 aliphatic rings. The van der Waals surface area contributed by atoms with Crippen LogP contribution in [0.3, 0.4) is 0 Å². The molecule has 298 valence electrons. The van der Waals surface area contributed by atoms with Gasteiger partial charge in [-0.2, -0.15) is 0 Å². The number of fused-ring (bicyclic) bond motifs is 6. The van der Waals surface area contributed by atoms with Crippen LogP contribution in [0.25, 0.3) is 122 Å². The fourth-order valence-electron chi connectivity index (χ4n) is 9.23. The van der Waals surface area contributed by atoms with Crippen molar-refractivity contribution in [1.82, 2.24) is 15.0 Å². The lowest BCUT2D eigenvalue weighted by molar-refractivity contribution is 1.18. The van der Waals surface area contributed by atoms with Crippen molar-refractivity contribution < 1.29 is 0 Å². The first-order valence-corrected chi connectivity index (χ1v) is 21.8. The standard InChI is InChI=1S/C61H39N3/c1-3-14-40(15-4-1)48-20-13-21-49(36-48)58-39-57(63-61(64-58)46-17-5-2-6-18-46)45-33-28-43(29-34-45)42-26-31-44(32-27-42)54-38-55-59(52-23-10-9-22-51(52)54)53-24-11-12-25-56(53)62-60(55)50-35-30-41-16-7-8-19-47(41)37-50/h1-39H. The lowest BCUT2D eigenvalue weighted by Crippen LogP contribution is -1.96. The van der Waals surface area contributed by atoms with E-state index >= 15 is 0 Å². The van der Waals surface area contributed by atoms with Crippen LogP contribution >= 0.6 is 0 Å². The average molecular weight is 814 g/mol. The number of hydrogen-bond donors (Lipinski definition) is 0. The first kappa shape index (κ1) is 37.2. The fraction of sp³-hybridized carbons (Fsp3) is 0. The van der Waals surface area contributed by atoms with Gasteiger partial charge in [0.15, 0.2) is 5.82 Å². The molecular weight excluding hydrogens is 775 g/mol. The lowest BCUT2D eigenvalue weighted by atomic mass is 9.89. The Bertz CT molecular complexity index is 3690. The van der Waals surface area contributed by atoms with Crippen LogP contribution in [0.5, 0.6) is 0 Å². The average Bonchev–Trinajstić information content (AvgIpc) is 3.38. The topological polar surface area (TPSA) is 38.7 Å². The first-order valence-electron chi connectivity index (χ1n) is 21.8. The molecule has 0 spiro atoms. The molecule has 2 heterocycles. The molecule has 0 aliphatic heterocycles. The Kier molecular flexibility index (Phi) is 9.16. The number of nitrogens with zero attached hydrogens (tertiary/aromatic N) is 3. The Morgan fingerprint density at radius 2 is 0.781 bits per heavy atom. The second-order valence-electron chi connectivity index (χ2n) is 16.4. The Hall–Kier alpha value is -8.53. The van der Waals surface area contributed by atoms with Crippen LogP contribution in [-0.2, 0) is 0 Å². The van der Waals surface area contributed by atoms with E-state index in [0.717, 1.165) is 77.9 Å². The molecule has 10 aromatic carbocycles. The molecule has 0 atom stereocenters. The van der Waals surface area contributed by atoms with Gasteiger partial charge >= 0.3 is 0 Å². The van der Waals surface area contributed by atoms with E-state index in [0.29, 0.717) is 5.82 Å². The summed E-state index contributed by atoms with van der Waals surface area (Å²) in [7, 11) is 0. The molecule has 0 amide bonds. The summed E-state index contributed by atoms with van der Waals surface area (Å²) in [4.78, 5) is 15.6. The summed E-state index contributed by atoms with van der Waals surface area (Å²) >= 11 is 0. The summed E-state index contributed by atoms with van der Waals surface area (Å²) in [6.45, 7) is 0. The molecule has 0 saturated heterocycles. The predicted molar refractivity (Wildman–Crippen MR) is 268 cm³/mol. The Morgan fingerprint density at radius 1 is 0.250 bits per heavy atom. The smallest absolute Gasteiger partial charge is 0.160 e. The van der Waals surface area contributed by atoms with Crippen LogP contribution in [-0.4, -0.2) is 15.0 Å². The highest BCUT2D eigenvalue weighted by molar-refractivity contribution is 6.25. The van der Waals surface area contributed by atoms with Gasteiger partial charge in [0.2, 0.25) is 0 Å². The molecule has 0 fully saturated rings. The Balaban J connectivity index is 0.922. The number of benzene rings is 10. The largest absolute Gasteiger partial charge is 0.247 e. The first-order chi connectivity index (χ1) is 31.7. The van der Waals surface area contributed by atoms with Crippen molar-refractivity contribution in [2.45, 2.75) is 0 Å². The maximum Gasteiger partial charge on any atom is 0.160 e. The van der Waals surface area contributed by atoms with Crippen molar-refractivity contribution in [1.29, 1.82) is 0 Å². The van der Waals surface area contributed by atoms with Crippen LogP contribution in [0.2, 0.25) is 0 Å². The van der Waals surface area contributed by atoms with Crippen LogP contribution in [0.1, 0.15) is 0 Å². The van der Waals surface area contributed by atoms with Crippen LogP contribution in [0, 0.1) is 0 Å². The van der Waals surface area contributed by atoms with E-state index in [4.69, 9.17) is 15.0 Å². The molecule has 3 nitrogen and oxygen atoms in total. The van der Waals surface area contributed by atoms with E-state index in [-0.39, 0.29) is 0 Å². The number of aromatic nitrogens is 3. The summed E-state index contributed by atoms with van der Waals surface area (Å²) in [6, 6.07) is 84.1. The highest BCUT2D eigenvalue weighted by atomic mass is 14.9. The maximum absolute atomic E-state index is 5.35. The van der Waals surface area contributed by atoms with Crippen molar-refractivity contribution in [3.05, 3.63) is 237 Å².